The first-order chi connectivity index (χ1) is 15.9. The van der Waals surface area contributed by atoms with Gasteiger partial charge in [0.1, 0.15) is 12.1 Å². The highest BCUT2D eigenvalue weighted by molar-refractivity contribution is 6.07. The summed E-state index contributed by atoms with van der Waals surface area (Å²) < 4.78 is 19.4. The minimum absolute atomic E-state index is 0.0838. The molecule has 33 heavy (non-hydrogen) atoms. The molecule has 1 saturated carbocycles. The Bertz CT molecular complexity index is 1180. The van der Waals surface area contributed by atoms with E-state index in [1.165, 1.54) is 17.0 Å². The molecule has 2 aliphatic heterocycles. The third-order valence-electron chi connectivity index (χ3n) is 6.05. The molecule has 1 unspecified atom stereocenters. The normalized spacial score (nSPS) is 20.2. The van der Waals surface area contributed by atoms with Crippen molar-refractivity contribution in [3.63, 3.8) is 0 Å². The predicted molar refractivity (Wildman–Crippen MR) is 111 cm³/mol. The van der Waals surface area contributed by atoms with Gasteiger partial charge < -0.3 is 9.64 Å². The van der Waals surface area contributed by atoms with Crippen molar-refractivity contribution in [1.82, 2.24) is 20.2 Å². The van der Waals surface area contributed by atoms with Crippen LogP contribution in [0.15, 0.2) is 24.4 Å². The number of carbonyl (C=O) groups is 4. The number of nitrogens with zero attached hydrogens (tertiary/aromatic N) is 3. The Balaban J connectivity index is 1.30. The molecule has 0 radical (unpaired) electrons. The van der Waals surface area contributed by atoms with Gasteiger partial charge in [-0.15, -0.1) is 0 Å². The van der Waals surface area contributed by atoms with Crippen molar-refractivity contribution in [2.24, 2.45) is 0 Å². The Morgan fingerprint density at radius 1 is 1.21 bits per heavy atom. The van der Waals surface area contributed by atoms with Gasteiger partial charge in [0.2, 0.25) is 23.6 Å². The van der Waals surface area contributed by atoms with E-state index in [1.807, 2.05) is 0 Å². The zero-order valence-corrected chi connectivity index (χ0v) is 17.5. The lowest BCUT2D eigenvalue weighted by molar-refractivity contribution is -0.136. The van der Waals surface area contributed by atoms with Gasteiger partial charge in [-0.3, -0.25) is 29.8 Å². The van der Waals surface area contributed by atoms with Crippen LogP contribution in [0.3, 0.4) is 0 Å². The minimum Gasteiger partial charge on any atom is -0.472 e. The molecule has 1 aliphatic carbocycles. The molecule has 1 saturated heterocycles. The van der Waals surface area contributed by atoms with E-state index in [0.29, 0.717) is 11.1 Å². The number of benzene rings is 1. The van der Waals surface area contributed by atoms with E-state index in [1.54, 1.807) is 6.07 Å². The molecule has 0 spiro atoms. The summed E-state index contributed by atoms with van der Waals surface area (Å²) in [5.74, 6) is -2.73. The summed E-state index contributed by atoms with van der Waals surface area (Å²) in [5.41, 5.74) is 1.23. The van der Waals surface area contributed by atoms with E-state index in [2.05, 4.69) is 20.6 Å². The lowest BCUT2D eigenvalue weighted by Crippen LogP contribution is -2.52. The van der Waals surface area contributed by atoms with Gasteiger partial charge in [-0.1, -0.05) is 0 Å². The standard InChI is InChI=1S/C22H20FN5O5/c23-15-9-24-22(27-20(15)33-13-2-1-3-13)26-18(30)11-4-5-14-12(8-11)10-28(21(14)32)16-6-7-17(29)25-19(16)31/h4-5,8-9,13,16H,1-3,6-7,10H2,(H,25,29,31)(H,24,26,27,30). The predicted octanol–water partition coefficient (Wildman–Crippen LogP) is 1.56. The summed E-state index contributed by atoms with van der Waals surface area (Å²) in [6.45, 7) is 0.147. The van der Waals surface area contributed by atoms with Crippen LogP contribution in [-0.2, 0) is 16.1 Å². The molecular formula is C22H20FN5O5. The molecule has 2 N–H and O–H groups in total. The second-order valence-electron chi connectivity index (χ2n) is 8.24. The van der Waals surface area contributed by atoms with Gasteiger partial charge in [-0.2, -0.15) is 9.37 Å². The van der Waals surface area contributed by atoms with Gasteiger partial charge in [0.25, 0.3) is 17.7 Å². The number of halogens is 1. The maximum absolute atomic E-state index is 13.9. The number of carbonyl (C=O) groups excluding carboxylic acids is 4. The molecule has 11 heteroatoms. The summed E-state index contributed by atoms with van der Waals surface area (Å²) in [6.07, 6.45) is 3.95. The molecule has 170 valence electrons. The van der Waals surface area contributed by atoms with Crippen LogP contribution in [0.2, 0.25) is 0 Å². The molecule has 10 nitrogen and oxygen atoms in total. The van der Waals surface area contributed by atoms with Crippen molar-refractivity contribution < 1.29 is 28.3 Å². The fraction of sp³-hybridized carbons (Fsp3) is 0.364. The molecule has 4 amide bonds. The lowest BCUT2D eigenvalue weighted by Gasteiger charge is -2.29. The number of nitrogens with one attached hydrogen (secondary N) is 2. The van der Waals surface area contributed by atoms with Crippen molar-refractivity contribution >= 4 is 29.6 Å². The van der Waals surface area contributed by atoms with Crippen LogP contribution in [0, 0.1) is 5.82 Å². The number of ether oxygens (including phenoxy) is 1. The first kappa shape index (κ1) is 21.0. The monoisotopic (exact) mass is 453 g/mol. The van der Waals surface area contributed by atoms with Gasteiger partial charge >= 0.3 is 0 Å². The largest absolute Gasteiger partial charge is 0.472 e. The molecule has 2 aromatic rings. The van der Waals surface area contributed by atoms with Gasteiger partial charge in [0, 0.05) is 24.1 Å². The quantitative estimate of drug-likeness (QED) is 0.657. The zero-order chi connectivity index (χ0) is 23.1. The Morgan fingerprint density at radius 3 is 2.76 bits per heavy atom. The molecule has 1 aromatic heterocycles. The topological polar surface area (TPSA) is 131 Å². The lowest BCUT2D eigenvalue weighted by atomic mass is 9.96. The Morgan fingerprint density at radius 2 is 2.03 bits per heavy atom. The van der Waals surface area contributed by atoms with Gasteiger partial charge in [-0.05, 0) is 49.4 Å². The number of imide groups is 1. The summed E-state index contributed by atoms with van der Waals surface area (Å²) in [5, 5.41) is 4.77. The van der Waals surface area contributed by atoms with Crippen molar-refractivity contribution in [1.29, 1.82) is 0 Å². The molecule has 1 atom stereocenters. The first-order valence-electron chi connectivity index (χ1n) is 10.7. The highest BCUT2D eigenvalue weighted by atomic mass is 19.1. The van der Waals surface area contributed by atoms with Crippen LogP contribution in [-0.4, -0.2) is 50.6 Å². The van der Waals surface area contributed by atoms with Crippen LogP contribution in [0.1, 0.15) is 58.4 Å². The molecule has 3 heterocycles. The Hall–Kier alpha value is -3.89. The van der Waals surface area contributed by atoms with Crippen molar-refractivity contribution in [2.45, 2.75) is 50.8 Å². The number of hydrogen-bond acceptors (Lipinski definition) is 7. The van der Waals surface area contributed by atoms with Gasteiger partial charge in [0.15, 0.2) is 0 Å². The second kappa shape index (κ2) is 8.23. The van der Waals surface area contributed by atoms with Gasteiger partial charge in [0.05, 0.1) is 6.20 Å². The third-order valence-corrected chi connectivity index (χ3v) is 6.05. The average Bonchev–Trinajstić information content (AvgIpc) is 3.08. The first-order valence-corrected chi connectivity index (χ1v) is 10.7. The number of amides is 4. The summed E-state index contributed by atoms with van der Waals surface area (Å²) in [7, 11) is 0. The van der Waals surface area contributed by atoms with E-state index < -0.39 is 23.7 Å². The maximum atomic E-state index is 13.9. The Labute approximate surface area is 187 Å². The molecular weight excluding hydrogens is 433 g/mol. The second-order valence-corrected chi connectivity index (χ2v) is 8.24. The average molecular weight is 453 g/mol. The van der Waals surface area contributed by atoms with E-state index in [9.17, 15) is 23.6 Å². The SMILES string of the molecule is O=C1CCC(N2Cc3cc(C(=O)Nc4ncc(F)c(OC5CCC5)n4)ccc3C2=O)C(=O)N1. The van der Waals surface area contributed by atoms with Crippen LogP contribution < -0.4 is 15.4 Å². The fourth-order valence-electron chi connectivity index (χ4n) is 4.03. The van der Waals surface area contributed by atoms with Gasteiger partial charge in [-0.25, -0.2) is 4.98 Å². The number of piperidine rings is 1. The smallest absolute Gasteiger partial charge is 0.258 e. The minimum atomic E-state index is -0.735. The van der Waals surface area contributed by atoms with Crippen LogP contribution in [0.5, 0.6) is 5.88 Å². The third kappa shape index (κ3) is 4.01. The molecule has 3 aliphatic rings. The van der Waals surface area contributed by atoms with Crippen molar-refractivity contribution in [2.75, 3.05) is 5.32 Å². The summed E-state index contributed by atoms with van der Waals surface area (Å²) in [6, 6.07) is 3.83. The fourth-order valence-corrected chi connectivity index (χ4v) is 4.03. The zero-order valence-electron chi connectivity index (χ0n) is 17.5. The molecule has 1 aromatic carbocycles. The Kier molecular flexibility index (Phi) is 5.23. The maximum Gasteiger partial charge on any atom is 0.258 e. The number of fused-ring (bicyclic) bond motifs is 1. The van der Waals surface area contributed by atoms with E-state index in [0.717, 1.165) is 25.5 Å². The van der Waals surface area contributed by atoms with Crippen molar-refractivity contribution in [3.05, 3.63) is 46.9 Å². The molecule has 2 fully saturated rings. The van der Waals surface area contributed by atoms with E-state index >= 15 is 0 Å². The summed E-state index contributed by atoms with van der Waals surface area (Å²) >= 11 is 0. The van der Waals surface area contributed by atoms with Crippen LogP contribution in [0.25, 0.3) is 0 Å². The number of aromatic nitrogens is 2. The highest BCUT2D eigenvalue weighted by Crippen LogP contribution is 2.29. The van der Waals surface area contributed by atoms with Crippen molar-refractivity contribution in [3.8, 4) is 5.88 Å². The van der Waals surface area contributed by atoms with Crippen LogP contribution in [0.4, 0.5) is 10.3 Å². The molecule has 5 rings (SSSR count). The van der Waals surface area contributed by atoms with E-state index in [-0.39, 0.29) is 54.7 Å². The van der Waals surface area contributed by atoms with Crippen LogP contribution >= 0.6 is 0 Å². The number of hydrogen-bond donors (Lipinski definition) is 2. The highest BCUT2D eigenvalue weighted by Gasteiger charge is 2.39. The summed E-state index contributed by atoms with van der Waals surface area (Å²) in [4.78, 5) is 58.2. The van der Waals surface area contributed by atoms with E-state index in [4.69, 9.17) is 4.74 Å². The number of anilines is 1. The molecule has 0 bridgehead atoms. The number of rotatable bonds is 5.